The fourth-order valence-corrected chi connectivity index (χ4v) is 2.15. The molecule has 0 aliphatic heterocycles. The van der Waals surface area contributed by atoms with Crippen molar-refractivity contribution in [3.8, 4) is 6.07 Å². The first-order chi connectivity index (χ1) is 9.54. The van der Waals surface area contributed by atoms with Gasteiger partial charge in [-0.1, -0.05) is 28.1 Å². The van der Waals surface area contributed by atoms with Gasteiger partial charge in [-0.25, -0.2) is 4.39 Å². The molecule has 100 valence electrons. The Balaban J connectivity index is 2.41. The third-order valence-corrected chi connectivity index (χ3v) is 3.35. The van der Waals surface area contributed by atoms with Crippen molar-refractivity contribution in [2.75, 3.05) is 11.9 Å². The molecule has 0 heterocycles. The minimum Gasteiger partial charge on any atom is -0.310 e. The maximum Gasteiger partial charge on any atom is 0.261 e. The number of benzene rings is 2. The van der Waals surface area contributed by atoms with Crippen LogP contribution >= 0.6 is 15.9 Å². The van der Waals surface area contributed by atoms with Crippen LogP contribution in [0.3, 0.4) is 0 Å². The molecule has 0 saturated heterocycles. The molecule has 1 amide bonds. The maximum atomic E-state index is 13.8. The molecule has 0 aromatic heterocycles. The number of nitriles is 1. The van der Waals surface area contributed by atoms with Gasteiger partial charge in [-0.2, -0.15) is 5.26 Å². The minimum absolute atomic E-state index is 0.0385. The van der Waals surface area contributed by atoms with Gasteiger partial charge in [0.15, 0.2) is 0 Å². The Morgan fingerprint density at radius 3 is 2.65 bits per heavy atom. The van der Waals surface area contributed by atoms with E-state index in [1.807, 2.05) is 6.07 Å². The van der Waals surface area contributed by atoms with Gasteiger partial charge in [-0.3, -0.25) is 4.79 Å². The van der Waals surface area contributed by atoms with Crippen molar-refractivity contribution in [3.05, 3.63) is 63.9 Å². The van der Waals surface area contributed by atoms with Crippen LogP contribution in [0.1, 0.15) is 15.9 Å². The predicted molar refractivity (Wildman–Crippen MR) is 78.0 cm³/mol. The number of carbonyl (C=O) groups is 1. The zero-order valence-corrected chi connectivity index (χ0v) is 12.2. The molecule has 0 radical (unpaired) electrons. The van der Waals surface area contributed by atoms with E-state index in [-0.39, 0.29) is 5.56 Å². The summed E-state index contributed by atoms with van der Waals surface area (Å²) in [6, 6.07) is 12.9. The standard InChI is InChI=1S/C15H10BrFN2O/c1-19(14-5-3-2-4-10(14)9-18)15(20)12-7-6-11(16)8-13(12)17/h2-8H,1H3. The summed E-state index contributed by atoms with van der Waals surface area (Å²) in [6.45, 7) is 0. The molecule has 0 N–H and O–H groups in total. The highest BCUT2D eigenvalue weighted by molar-refractivity contribution is 9.10. The van der Waals surface area contributed by atoms with Crippen LogP contribution in [0.15, 0.2) is 46.9 Å². The van der Waals surface area contributed by atoms with Gasteiger partial charge in [0.05, 0.1) is 16.8 Å². The van der Waals surface area contributed by atoms with Crippen molar-refractivity contribution < 1.29 is 9.18 Å². The molecule has 0 spiro atoms. The summed E-state index contributed by atoms with van der Waals surface area (Å²) in [5.41, 5.74) is 0.770. The molecule has 0 atom stereocenters. The van der Waals surface area contributed by atoms with E-state index in [1.54, 1.807) is 30.3 Å². The van der Waals surface area contributed by atoms with Crippen LogP contribution in [-0.4, -0.2) is 13.0 Å². The second-order valence-electron chi connectivity index (χ2n) is 4.12. The van der Waals surface area contributed by atoms with E-state index in [4.69, 9.17) is 5.26 Å². The van der Waals surface area contributed by atoms with Crippen molar-refractivity contribution in [3.63, 3.8) is 0 Å². The topological polar surface area (TPSA) is 44.1 Å². The lowest BCUT2D eigenvalue weighted by Gasteiger charge is -2.18. The van der Waals surface area contributed by atoms with E-state index in [1.165, 1.54) is 24.1 Å². The highest BCUT2D eigenvalue weighted by Gasteiger charge is 2.19. The lowest BCUT2D eigenvalue weighted by molar-refractivity contribution is 0.0989. The summed E-state index contributed by atoms with van der Waals surface area (Å²) in [6.07, 6.45) is 0. The van der Waals surface area contributed by atoms with Crippen LogP contribution in [0.4, 0.5) is 10.1 Å². The summed E-state index contributed by atoms with van der Waals surface area (Å²) in [7, 11) is 1.51. The smallest absolute Gasteiger partial charge is 0.261 e. The first-order valence-corrected chi connectivity index (χ1v) is 6.56. The highest BCUT2D eigenvalue weighted by Crippen LogP contribution is 2.22. The van der Waals surface area contributed by atoms with E-state index in [2.05, 4.69) is 15.9 Å². The van der Waals surface area contributed by atoms with Gasteiger partial charge in [-0.05, 0) is 30.3 Å². The first-order valence-electron chi connectivity index (χ1n) is 5.77. The molecule has 2 rings (SSSR count). The molecule has 2 aromatic rings. The number of para-hydroxylation sites is 1. The van der Waals surface area contributed by atoms with Gasteiger partial charge in [0.2, 0.25) is 0 Å². The van der Waals surface area contributed by atoms with E-state index < -0.39 is 11.7 Å². The van der Waals surface area contributed by atoms with Gasteiger partial charge >= 0.3 is 0 Å². The number of halogens is 2. The quantitative estimate of drug-likeness (QED) is 0.840. The Labute approximate surface area is 124 Å². The number of rotatable bonds is 2. The molecular formula is C15H10BrFN2O. The highest BCUT2D eigenvalue weighted by atomic mass is 79.9. The van der Waals surface area contributed by atoms with Crippen LogP contribution < -0.4 is 4.90 Å². The van der Waals surface area contributed by atoms with Crippen molar-refractivity contribution in [2.24, 2.45) is 0 Å². The van der Waals surface area contributed by atoms with Crippen LogP contribution in [-0.2, 0) is 0 Å². The van der Waals surface area contributed by atoms with Gasteiger partial charge in [0, 0.05) is 11.5 Å². The zero-order valence-electron chi connectivity index (χ0n) is 10.6. The summed E-state index contributed by atoms with van der Waals surface area (Å²) >= 11 is 3.14. The van der Waals surface area contributed by atoms with E-state index >= 15 is 0 Å². The summed E-state index contributed by atoms with van der Waals surface area (Å²) in [4.78, 5) is 13.6. The average Bonchev–Trinajstić information content (AvgIpc) is 2.45. The zero-order chi connectivity index (χ0) is 14.7. The number of amides is 1. The van der Waals surface area contributed by atoms with E-state index in [0.29, 0.717) is 15.7 Å². The minimum atomic E-state index is -0.606. The number of hydrogen-bond donors (Lipinski definition) is 0. The van der Waals surface area contributed by atoms with E-state index in [0.717, 1.165) is 0 Å². The SMILES string of the molecule is CN(C(=O)c1ccc(Br)cc1F)c1ccccc1C#N. The molecule has 0 aliphatic rings. The molecule has 0 fully saturated rings. The second kappa shape index (κ2) is 5.85. The Kier molecular flexibility index (Phi) is 4.16. The van der Waals surface area contributed by atoms with Crippen molar-refractivity contribution >= 4 is 27.5 Å². The van der Waals surface area contributed by atoms with Crippen LogP contribution in [0.2, 0.25) is 0 Å². The summed E-state index contributed by atoms with van der Waals surface area (Å²) in [5.74, 6) is -1.11. The number of nitrogens with zero attached hydrogens (tertiary/aromatic N) is 2. The molecule has 3 nitrogen and oxygen atoms in total. The van der Waals surface area contributed by atoms with Gasteiger partial charge in [0.1, 0.15) is 11.9 Å². The van der Waals surface area contributed by atoms with Crippen LogP contribution in [0, 0.1) is 17.1 Å². The maximum absolute atomic E-state index is 13.8. The van der Waals surface area contributed by atoms with Crippen LogP contribution in [0.5, 0.6) is 0 Å². The molecular weight excluding hydrogens is 323 g/mol. The third kappa shape index (κ3) is 2.70. The number of anilines is 1. The molecule has 20 heavy (non-hydrogen) atoms. The normalized spacial score (nSPS) is 9.90. The van der Waals surface area contributed by atoms with Crippen molar-refractivity contribution in [1.29, 1.82) is 5.26 Å². The molecule has 0 aliphatic carbocycles. The number of hydrogen-bond acceptors (Lipinski definition) is 2. The lowest BCUT2D eigenvalue weighted by atomic mass is 10.1. The Morgan fingerprint density at radius 1 is 1.30 bits per heavy atom. The van der Waals surface area contributed by atoms with Crippen LogP contribution in [0.25, 0.3) is 0 Å². The third-order valence-electron chi connectivity index (χ3n) is 2.85. The Bertz CT molecular complexity index is 709. The van der Waals surface area contributed by atoms with Gasteiger partial charge < -0.3 is 4.90 Å². The molecule has 0 unspecified atom stereocenters. The molecule has 0 bridgehead atoms. The summed E-state index contributed by atoms with van der Waals surface area (Å²) in [5, 5.41) is 9.04. The first kappa shape index (κ1) is 14.2. The monoisotopic (exact) mass is 332 g/mol. The summed E-state index contributed by atoms with van der Waals surface area (Å²) < 4.78 is 14.4. The Hall–Kier alpha value is -2.19. The predicted octanol–water partition coefficient (Wildman–Crippen LogP) is 3.74. The largest absolute Gasteiger partial charge is 0.310 e. The lowest BCUT2D eigenvalue weighted by Crippen LogP contribution is -2.27. The molecule has 5 heteroatoms. The van der Waals surface area contributed by atoms with Crippen molar-refractivity contribution in [1.82, 2.24) is 0 Å². The Morgan fingerprint density at radius 2 is 2.00 bits per heavy atom. The van der Waals surface area contributed by atoms with Crippen molar-refractivity contribution in [2.45, 2.75) is 0 Å². The van der Waals surface area contributed by atoms with Gasteiger partial charge in [0.25, 0.3) is 5.91 Å². The number of carbonyl (C=O) groups excluding carboxylic acids is 1. The molecule has 0 saturated carbocycles. The molecule has 2 aromatic carbocycles. The fraction of sp³-hybridized carbons (Fsp3) is 0.0667. The van der Waals surface area contributed by atoms with E-state index in [9.17, 15) is 9.18 Å². The average molecular weight is 333 g/mol. The van der Waals surface area contributed by atoms with Gasteiger partial charge in [-0.15, -0.1) is 0 Å². The fourth-order valence-electron chi connectivity index (χ4n) is 1.81. The second-order valence-corrected chi connectivity index (χ2v) is 5.03.